The van der Waals surface area contributed by atoms with E-state index in [2.05, 4.69) is 15.5 Å². The Morgan fingerprint density at radius 1 is 0.944 bits per heavy atom. The zero-order valence-electron chi connectivity index (χ0n) is 19.3. The van der Waals surface area contributed by atoms with Gasteiger partial charge in [-0.05, 0) is 60.3 Å². The highest BCUT2D eigenvalue weighted by molar-refractivity contribution is 7.80. The van der Waals surface area contributed by atoms with Crippen molar-refractivity contribution in [3.63, 3.8) is 0 Å². The maximum absolute atomic E-state index is 13.3. The van der Waals surface area contributed by atoms with Crippen LogP contribution in [0.2, 0.25) is 5.02 Å². The lowest BCUT2D eigenvalue weighted by molar-refractivity contribution is -0.126. The molecular formula is C27H24ClFN4O2S. The maximum atomic E-state index is 13.3. The molecule has 0 spiro atoms. The Morgan fingerprint density at radius 2 is 1.69 bits per heavy atom. The summed E-state index contributed by atoms with van der Waals surface area (Å²) in [5, 5.41) is 6.03. The molecule has 0 aromatic heterocycles. The van der Waals surface area contributed by atoms with Crippen molar-refractivity contribution in [1.82, 2.24) is 10.2 Å². The molecule has 2 amide bonds. The second kappa shape index (κ2) is 11.8. The number of nitrogens with zero attached hydrogens (tertiary/aromatic N) is 2. The highest BCUT2D eigenvalue weighted by Gasteiger charge is 2.21. The van der Waals surface area contributed by atoms with E-state index in [1.807, 2.05) is 53.4 Å². The van der Waals surface area contributed by atoms with Gasteiger partial charge in [0, 0.05) is 43.5 Å². The van der Waals surface area contributed by atoms with Gasteiger partial charge in [0.15, 0.2) is 5.11 Å². The number of benzene rings is 3. The summed E-state index contributed by atoms with van der Waals surface area (Å²) in [7, 11) is 0. The average Bonchev–Trinajstić information content (AvgIpc) is 2.88. The van der Waals surface area contributed by atoms with E-state index in [1.165, 1.54) is 18.2 Å². The van der Waals surface area contributed by atoms with Crippen molar-refractivity contribution in [2.45, 2.75) is 0 Å². The van der Waals surface area contributed by atoms with Crippen LogP contribution in [-0.2, 0) is 4.79 Å². The van der Waals surface area contributed by atoms with Crippen LogP contribution in [0.15, 0.2) is 78.9 Å². The minimum atomic E-state index is -0.513. The van der Waals surface area contributed by atoms with Crippen LogP contribution in [0.3, 0.4) is 0 Å². The molecule has 4 rings (SSSR count). The van der Waals surface area contributed by atoms with Crippen LogP contribution in [-0.4, -0.2) is 48.0 Å². The van der Waals surface area contributed by atoms with Gasteiger partial charge in [-0.15, -0.1) is 0 Å². The number of hydrogen-bond acceptors (Lipinski definition) is 4. The molecule has 0 aliphatic carbocycles. The Morgan fingerprint density at radius 3 is 2.39 bits per heavy atom. The highest BCUT2D eigenvalue weighted by Crippen LogP contribution is 2.29. The zero-order valence-corrected chi connectivity index (χ0v) is 20.9. The Kier molecular flexibility index (Phi) is 8.30. The molecule has 1 heterocycles. The summed E-state index contributed by atoms with van der Waals surface area (Å²) in [6, 6.07) is 20.5. The van der Waals surface area contributed by atoms with Crippen molar-refractivity contribution in [1.29, 1.82) is 0 Å². The minimum Gasteiger partial charge on any atom is -0.367 e. The minimum absolute atomic E-state index is 0.0158. The standard InChI is InChI=1S/C27H24ClFN4O2S/c28-23-18-22(30-27(36)31-26(35)20-7-4-8-21(29)17-20)10-11-24(23)32-13-15-33(16-14-32)25(34)12-9-19-5-2-1-3-6-19/h1-12,17-18H,13-16H2,(H2,30,31,35,36)/b12-9+. The molecule has 1 fully saturated rings. The number of halogens is 2. The molecule has 0 atom stereocenters. The fraction of sp³-hybridized carbons (Fsp3) is 0.148. The molecule has 1 saturated heterocycles. The summed E-state index contributed by atoms with van der Waals surface area (Å²) in [5.74, 6) is -1.03. The number of anilines is 2. The van der Waals surface area contributed by atoms with Crippen molar-refractivity contribution in [3.05, 3.63) is 101 Å². The molecule has 36 heavy (non-hydrogen) atoms. The summed E-state index contributed by atoms with van der Waals surface area (Å²) in [6.45, 7) is 2.48. The number of amides is 2. The fourth-order valence-corrected chi connectivity index (χ4v) is 4.32. The van der Waals surface area contributed by atoms with Crippen LogP contribution in [0.5, 0.6) is 0 Å². The first-order chi connectivity index (χ1) is 17.4. The Labute approximate surface area is 219 Å². The Hall–Kier alpha value is -3.75. The van der Waals surface area contributed by atoms with Crippen LogP contribution in [0.4, 0.5) is 15.8 Å². The lowest BCUT2D eigenvalue weighted by Crippen LogP contribution is -2.48. The van der Waals surface area contributed by atoms with Crippen molar-refractivity contribution in [2.24, 2.45) is 0 Å². The molecule has 3 aromatic rings. The molecule has 3 aromatic carbocycles. The number of hydrogen-bond donors (Lipinski definition) is 2. The average molecular weight is 523 g/mol. The Bertz CT molecular complexity index is 1290. The maximum Gasteiger partial charge on any atom is 0.257 e. The van der Waals surface area contributed by atoms with Gasteiger partial charge in [0.1, 0.15) is 5.82 Å². The number of nitrogens with one attached hydrogen (secondary N) is 2. The second-order valence-corrected chi connectivity index (χ2v) is 8.96. The lowest BCUT2D eigenvalue weighted by atomic mass is 10.2. The van der Waals surface area contributed by atoms with E-state index in [-0.39, 0.29) is 16.6 Å². The highest BCUT2D eigenvalue weighted by atomic mass is 35.5. The van der Waals surface area contributed by atoms with Gasteiger partial charge < -0.3 is 15.1 Å². The van der Waals surface area contributed by atoms with Crippen molar-refractivity contribution < 1.29 is 14.0 Å². The van der Waals surface area contributed by atoms with Gasteiger partial charge in [-0.3, -0.25) is 14.9 Å². The Balaban J connectivity index is 1.30. The molecule has 184 valence electrons. The van der Waals surface area contributed by atoms with Crippen LogP contribution < -0.4 is 15.5 Å². The number of rotatable bonds is 5. The van der Waals surface area contributed by atoms with Crippen molar-refractivity contribution in [3.8, 4) is 0 Å². The number of carbonyl (C=O) groups excluding carboxylic acids is 2. The van der Waals surface area contributed by atoms with E-state index >= 15 is 0 Å². The first-order valence-corrected chi connectivity index (χ1v) is 12.1. The molecule has 0 radical (unpaired) electrons. The third-order valence-electron chi connectivity index (χ3n) is 5.67. The smallest absolute Gasteiger partial charge is 0.257 e. The topological polar surface area (TPSA) is 64.7 Å². The molecule has 0 bridgehead atoms. The SMILES string of the molecule is O=C(NC(=S)Nc1ccc(N2CCN(C(=O)/C=C/c3ccccc3)CC2)c(Cl)c1)c1cccc(F)c1. The number of thiocarbonyl (C=S) groups is 1. The van der Waals surface area contributed by atoms with Crippen LogP contribution in [0, 0.1) is 5.82 Å². The predicted molar refractivity (Wildman–Crippen MR) is 146 cm³/mol. The third kappa shape index (κ3) is 6.68. The molecular weight excluding hydrogens is 499 g/mol. The summed E-state index contributed by atoms with van der Waals surface area (Å²) >= 11 is 11.7. The van der Waals surface area contributed by atoms with Gasteiger partial charge in [-0.1, -0.05) is 48.0 Å². The van der Waals surface area contributed by atoms with E-state index in [4.69, 9.17) is 23.8 Å². The first kappa shape index (κ1) is 25.3. The quantitative estimate of drug-likeness (QED) is 0.366. The third-order valence-corrected chi connectivity index (χ3v) is 6.18. The number of piperazine rings is 1. The van der Waals surface area contributed by atoms with Gasteiger partial charge in [0.2, 0.25) is 5.91 Å². The molecule has 1 aliphatic rings. The molecule has 1 aliphatic heterocycles. The van der Waals surface area contributed by atoms with Crippen LogP contribution in [0.25, 0.3) is 6.08 Å². The van der Waals surface area contributed by atoms with E-state index in [0.717, 1.165) is 17.3 Å². The van der Waals surface area contributed by atoms with Crippen LogP contribution >= 0.6 is 23.8 Å². The van der Waals surface area contributed by atoms with E-state index < -0.39 is 11.7 Å². The fourth-order valence-electron chi connectivity index (χ4n) is 3.81. The van der Waals surface area contributed by atoms with Gasteiger partial charge in [-0.2, -0.15) is 0 Å². The monoisotopic (exact) mass is 522 g/mol. The predicted octanol–water partition coefficient (Wildman–Crippen LogP) is 4.97. The first-order valence-electron chi connectivity index (χ1n) is 11.3. The molecule has 6 nitrogen and oxygen atoms in total. The van der Waals surface area contributed by atoms with Gasteiger partial charge >= 0.3 is 0 Å². The molecule has 9 heteroatoms. The lowest BCUT2D eigenvalue weighted by Gasteiger charge is -2.36. The molecule has 0 unspecified atom stereocenters. The van der Waals surface area contributed by atoms with E-state index in [1.54, 1.807) is 12.1 Å². The summed E-state index contributed by atoms with van der Waals surface area (Å²) in [4.78, 5) is 28.7. The van der Waals surface area contributed by atoms with Gasteiger partial charge in [-0.25, -0.2) is 4.39 Å². The van der Waals surface area contributed by atoms with Crippen molar-refractivity contribution >= 4 is 58.2 Å². The van der Waals surface area contributed by atoms with Crippen LogP contribution in [0.1, 0.15) is 15.9 Å². The van der Waals surface area contributed by atoms with E-state index in [0.29, 0.717) is 36.9 Å². The van der Waals surface area contributed by atoms with E-state index in [9.17, 15) is 14.0 Å². The summed E-state index contributed by atoms with van der Waals surface area (Å²) in [5.41, 5.74) is 2.61. The number of carbonyl (C=O) groups is 2. The summed E-state index contributed by atoms with van der Waals surface area (Å²) in [6.07, 6.45) is 3.43. The summed E-state index contributed by atoms with van der Waals surface area (Å²) < 4.78 is 13.3. The second-order valence-electron chi connectivity index (χ2n) is 8.14. The zero-order chi connectivity index (χ0) is 25.5. The van der Waals surface area contributed by atoms with Gasteiger partial charge in [0.25, 0.3) is 5.91 Å². The molecule has 2 N–H and O–H groups in total. The molecule has 0 saturated carbocycles. The largest absolute Gasteiger partial charge is 0.367 e. The van der Waals surface area contributed by atoms with Gasteiger partial charge in [0.05, 0.1) is 10.7 Å². The van der Waals surface area contributed by atoms with Crippen molar-refractivity contribution in [2.75, 3.05) is 36.4 Å². The normalized spacial score (nSPS) is 13.5.